The van der Waals surface area contributed by atoms with Crippen molar-refractivity contribution >= 4 is 9.84 Å². The van der Waals surface area contributed by atoms with Gasteiger partial charge in [0.2, 0.25) is 0 Å². The lowest BCUT2D eigenvalue weighted by atomic mass is 10.0. The Labute approximate surface area is 133 Å². The minimum absolute atomic E-state index is 0.136. The van der Waals surface area contributed by atoms with E-state index in [1.807, 2.05) is 49.0 Å². The zero-order valence-corrected chi connectivity index (χ0v) is 14.5. The second-order valence-corrected chi connectivity index (χ2v) is 8.19. The lowest BCUT2D eigenvalue weighted by Gasteiger charge is -2.08. The van der Waals surface area contributed by atoms with Gasteiger partial charge >= 0.3 is 0 Å². The summed E-state index contributed by atoms with van der Waals surface area (Å²) in [5, 5.41) is 0. The van der Waals surface area contributed by atoms with E-state index in [1.165, 1.54) is 0 Å². The van der Waals surface area contributed by atoms with Crippen molar-refractivity contribution in [1.29, 1.82) is 0 Å². The Bertz CT molecular complexity index is 747. The first-order valence-electron chi connectivity index (χ1n) is 7.57. The third kappa shape index (κ3) is 3.95. The molecule has 0 N–H and O–H groups in total. The SMILES string of the molecule is Cc1ccc(CCS(=O)(=O)c2ccc(C(C)C)cc2)c[n+]1C. The molecule has 118 valence electrons. The molecular formula is C18H24NO2S+. The van der Waals surface area contributed by atoms with Gasteiger partial charge in [0.15, 0.2) is 21.7 Å². The molecule has 0 aliphatic rings. The summed E-state index contributed by atoms with van der Waals surface area (Å²) >= 11 is 0. The third-order valence-electron chi connectivity index (χ3n) is 4.02. The number of rotatable bonds is 5. The average molecular weight is 318 g/mol. The van der Waals surface area contributed by atoms with Gasteiger partial charge in [0.25, 0.3) is 0 Å². The van der Waals surface area contributed by atoms with E-state index in [2.05, 4.69) is 13.8 Å². The van der Waals surface area contributed by atoms with Crippen LogP contribution in [-0.2, 0) is 23.3 Å². The molecule has 0 saturated heterocycles. The molecule has 0 saturated carbocycles. The fraction of sp³-hybridized carbons (Fsp3) is 0.389. The van der Waals surface area contributed by atoms with Crippen molar-refractivity contribution in [2.45, 2.75) is 38.0 Å². The van der Waals surface area contributed by atoms with E-state index in [-0.39, 0.29) is 5.75 Å². The second-order valence-electron chi connectivity index (χ2n) is 6.08. The predicted molar refractivity (Wildman–Crippen MR) is 88.6 cm³/mol. The number of aryl methyl sites for hydroxylation is 3. The number of hydrogen-bond acceptors (Lipinski definition) is 2. The van der Waals surface area contributed by atoms with Crippen LogP contribution in [0.5, 0.6) is 0 Å². The van der Waals surface area contributed by atoms with E-state index in [0.29, 0.717) is 17.2 Å². The molecule has 1 aromatic heterocycles. The molecule has 0 aliphatic heterocycles. The van der Waals surface area contributed by atoms with Crippen LogP contribution in [0.1, 0.15) is 36.6 Å². The van der Waals surface area contributed by atoms with Crippen molar-refractivity contribution in [2.75, 3.05) is 5.75 Å². The summed E-state index contributed by atoms with van der Waals surface area (Å²) in [5.41, 5.74) is 3.34. The molecule has 0 aliphatic carbocycles. The van der Waals surface area contributed by atoms with Crippen molar-refractivity contribution in [2.24, 2.45) is 7.05 Å². The molecule has 0 spiro atoms. The summed E-state index contributed by atoms with van der Waals surface area (Å²) in [6.45, 7) is 6.22. The van der Waals surface area contributed by atoms with Crippen LogP contribution in [0.3, 0.4) is 0 Å². The maximum absolute atomic E-state index is 12.4. The lowest BCUT2D eigenvalue weighted by Crippen LogP contribution is -2.32. The molecule has 22 heavy (non-hydrogen) atoms. The van der Waals surface area contributed by atoms with E-state index in [1.54, 1.807) is 12.1 Å². The Morgan fingerprint density at radius 1 is 1.05 bits per heavy atom. The van der Waals surface area contributed by atoms with Crippen molar-refractivity contribution in [3.05, 3.63) is 59.4 Å². The van der Waals surface area contributed by atoms with Crippen LogP contribution >= 0.6 is 0 Å². The van der Waals surface area contributed by atoms with E-state index in [4.69, 9.17) is 0 Å². The van der Waals surface area contributed by atoms with E-state index < -0.39 is 9.84 Å². The summed E-state index contributed by atoms with van der Waals surface area (Å²) in [6, 6.07) is 11.3. The number of benzene rings is 1. The molecule has 2 rings (SSSR count). The summed E-state index contributed by atoms with van der Waals surface area (Å²) in [6.07, 6.45) is 2.52. The van der Waals surface area contributed by atoms with E-state index >= 15 is 0 Å². The van der Waals surface area contributed by atoms with Gasteiger partial charge in [-0.15, -0.1) is 0 Å². The fourth-order valence-electron chi connectivity index (χ4n) is 2.32. The largest absolute Gasteiger partial charge is 0.224 e. The number of sulfone groups is 1. The smallest absolute Gasteiger partial charge is 0.178 e. The van der Waals surface area contributed by atoms with Gasteiger partial charge in [-0.3, -0.25) is 0 Å². The first kappa shape index (κ1) is 16.7. The van der Waals surface area contributed by atoms with Gasteiger partial charge < -0.3 is 0 Å². The van der Waals surface area contributed by atoms with Gasteiger partial charge in [-0.25, -0.2) is 13.0 Å². The molecular weight excluding hydrogens is 294 g/mol. The Kier molecular flexibility index (Phi) is 5.01. The Morgan fingerprint density at radius 3 is 2.23 bits per heavy atom. The van der Waals surface area contributed by atoms with Crippen LogP contribution in [0.2, 0.25) is 0 Å². The molecule has 0 fully saturated rings. The maximum atomic E-state index is 12.4. The Hall–Kier alpha value is -1.68. The van der Waals surface area contributed by atoms with Gasteiger partial charge in [-0.05, 0) is 36.1 Å². The van der Waals surface area contributed by atoms with Crippen molar-refractivity contribution in [1.82, 2.24) is 0 Å². The van der Waals surface area contributed by atoms with E-state index in [9.17, 15) is 8.42 Å². The van der Waals surface area contributed by atoms with Crippen molar-refractivity contribution in [3.63, 3.8) is 0 Å². The highest BCUT2D eigenvalue weighted by molar-refractivity contribution is 7.91. The van der Waals surface area contributed by atoms with Gasteiger partial charge in [-0.2, -0.15) is 0 Å². The quantitative estimate of drug-likeness (QED) is 0.795. The fourth-order valence-corrected chi connectivity index (χ4v) is 3.61. The predicted octanol–water partition coefficient (Wildman–Crippen LogP) is 2.96. The minimum atomic E-state index is -3.23. The second kappa shape index (κ2) is 6.61. The van der Waals surface area contributed by atoms with Gasteiger partial charge in [0.1, 0.15) is 7.05 Å². The molecule has 0 amide bonds. The minimum Gasteiger partial charge on any atom is -0.224 e. The summed E-state index contributed by atoms with van der Waals surface area (Å²) in [7, 11) is -1.26. The molecule has 4 heteroatoms. The highest BCUT2D eigenvalue weighted by atomic mass is 32.2. The zero-order chi connectivity index (χ0) is 16.3. The average Bonchev–Trinajstić information content (AvgIpc) is 2.48. The molecule has 1 aromatic carbocycles. The third-order valence-corrected chi connectivity index (χ3v) is 5.75. The van der Waals surface area contributed by atoms with E-state index in [0.717, 1.165) is 16.8 Å². The van der Waals surface area contributed by atoms with Crippen LogP contribution in [0.4, 0.5) is 0 Å². The molecule has 3 nitrogen and oxygen atoms in total. The molecule has 0 radical (unpaired) electrons. The number of nitrogens with zero attached hydrogens (tertiary/aromatic N) is 1. The molecule has 2 aromatic rings. The molecule has 0 unspecified atom stereocenters. The first-order valence-corrected chi connectivity index (χ1v) is 9.23. The van der Waals surface area contributed by atoms with Crippen LogP contribution in [-0.4, -0.2) is 14.2 Å². The maximum Gasteiger partial charge on any atom is 0.178 e. The van der Waals surface area contributed by atoms with Gasteiger partial charge in [-0.1, -0.05) is 26.0 Å². The highest BCUT2D eigenvalue weighted by Crippen LogP contribution is 2.18. The normalized spacial score (nSPS) is 11.9. The molecule has 0 atom stereocenters. The lowest BCUT2D eigenvalue weighted by molar-refractivity contribution is -0.678. The van der Waals surface area contributed by atoms with Gasteiger partial charge in [0, 0.05) is 18.6 Å². The Balaban J connectivity index is 2.12. The highest BCUT2D eigenvalue weighted by Gasteiger charge is 2.15. The summed E-state index contributed by atoms with van der Waals surface area (Å²) < 4.78 is 26.9. The standard InChI is InChI=1S/C18H24NO2S/c1-14(2)17-7-9-18(10-8-17)22(20,21)12-11-16-6-5-15(3)19(4)13-16/h5-10,13-14H,11-12H2,1-4H3/q+1. The monoisotopic (exact) mass is 318 g/mol. The zero-order valence-electron chi connectivity index (χ0n) is 13.7. The summed E-state index contributed by atoms with van der Waals surface area (Å²) in [5.74, 6) is 0.543. The van der Waals surface area contributed by atoms with Crippen molar-refractivity contribution in [3.8, 4) is 0 Å². The van der Waals surface area contributed by atoms with Gasteiger partial charge in [0.05, 0.1) is 10.6 Å². The van der Waals surface area contributed by atoms with Crippen LogP contribution in [0.15, 0.2) is 47.5 Å². The summed E-state index contributed by atoms with van der Waals surface area (Å²) in [4.78, 5) is 0.411. The number of pyridine rings is 1. The van der Waals surface area contributed by atoms with Crippen LogP contribution in [0.25, 0.3) is 0 Å². The molecule has 0 bridgehead atoms. The van der Waals surface area contributed by atoms with Crippen LogP contribution in [0, 0.1) is 6.92 Å². The molecule has 1 heterocycles. The first-order chi connectivity index (χ1) is 10.3. The van der Waals surface area contributed by atoms with Crippen LogP contribution < -0.4 is 4.57 Å². The Morgan fingerprint density at radius 2 is 1.68 bits per heavy atom. The number of hydrogen-bond donors (Lipinski definition) is 0. The number of aromatic nitrogens is 1. The van der Waals surface area contributed by atoms with Crippen molar-refractivity contribution < 1.29 is 13.0 Å². The topological polar surface area (TPSA) is 38.0 Å².